The average Bonchev–Trinajstić information content (AvgIpc) is 2.72. The summed E-state index contributed by atoms with van der Waals surface area (Å²) in [4.78, 5) is 9.70. The number of hydrogen-bond donors (Lipinski definition) is 2. The molecule has 0 unspecified atom stereocenters. The second kappa shape index (κ2) is 4.93. The van der Waals surface area contributed by atoms with Crippen molar-refractivity contribution in [2.75, 3.05) is 10.5 Å². The third kappa shape index (κ3) is 2.86. The average molecular weight is 317 g/mol. The van der Waals surface area contributed by atoms with Crippen LogP contribution in [0.2, 0.25) is 0 Å². The summed E-state index contributed by atoms with van der Waals surface area (Å²) >= 11 is 0. The van der Waals surface area contributed by atoms with Crippen molar-refractivity contribution in [1.82, 2.24) is 20.2 Å². The van der Waals surface area contributed by atoms with Crippen molar-refractivity contribution >= 4 is 27.3 Å². The van der Waals surface area contributed by atoms with Crippen molar-refractivity contribution in [1.29, 1.82) is 0 Å². The van der Waals surface area contributed by atoms with Crippen molar-refractivity contribution in [3.8, 4) is 0 Å². The van der Waals surface area contributed by atoms with Gasteiger partial charge in [-0.3, -0.25) is 10.1 Å². The van der Waals surface area contributed by atoms with Gasteiger partial charge in [-0.1, -0.05) is 5.10 Å². The molecule has 1 aromatic heterocycles. The minimum absolute atomic E-state index is 0.394. The van der Waals surface area contributed by atoms with E-state index in [2.05, 4.69) is 15.4 Å². The van der Waals surface area contributed by atoms with Gasteiger partial charge in [-0.25, -0.2) is 17.5 Å². The first kappa shape index (κ1) is 14.6. The first-order valence-electron chi connectivity index (χ1n) is 5.21. The summed E-state index contributed by atoms with van der Waals surface area (Å²) < 4.78 is 39.7. The highest BCUT2D eigenvalue weighted by atomic mass is 32.2. The molecule has 1 aromatic carbocycles. The minimum Gasteiger partial charge on any atom is -0.397 e. The molecule has 0 aliphatic rings. The Morgan fingerprint density at radius 1 is 1.48 bits per heavy atom. The fraction of sp³-hybridized carbons (Fsp3) is 0.125. The highest BCUT2D eigenvalue weighted by molar-refractivity contribution is 7.92. The Labute approximate surface area is 116 Å². The van der Waals surface area contributed by atoms with Gasteiger partial charge in [0.15, 0.2) is 5.82 Å². The lowest BCUT2D eigenvalue weighted by Crippen LogP contribution is -2.18. The van der Waals surface area contributed by atoms with E-state index in [1.165, 1.54) is 7.05 Å². The van der Waals surface area contributed by atoms with Crippen LogP contribution in [0, 0.1) is 15.9 Å². The number of aryl methyl sites for hydroxylation is 1. The Bertz CT molecular complexity index is 795. The maximum Gasteiger partial charge on any atom is 0.277 e. The maximum atomic E-state index is 13.8. The minimum atomic E-state index is -4.45. The number of nitrogens with zero attached hydrogens (tertiary/aromatic N) is 5. The van der Waals surface area contributed by atoms with Crippen LogP contribution in [0.25, 0.3) is 0 Å². The molecule has 0 aliphatic carbocycles. The van der Waals surface area contributed by atoms with Gasteiger partial charge in [0.05, 0.1) is 23.7 Å². The van der Waals surface area contributed by atoms with Crippen molar-refractivity contribution in [3.05, 3.63) is 28.1 Å². The molecule has 21 heavy (non-hydrogen) atoms. The predicted octanol–water partition coefficient (Wildman–Crippen LogP) is -0.360. The van der Waals surface area contributed by atoms with Crippen LogP contribution in [0.15, 0.2) is 17.0 Å². The maximum absolute atomic E-state index is 13.8. The molecule has 0 spiro atoms. The molecule has 1 heterocycles. The molecule has 112 valence electrons. The number of nitrogens with one attached hydrogen (secondary N) is 1. The molecule has 0 bridgehead atoms. The summed E-state index contributed by atoms with van der Waals surface area (Å²) in [6.07, 6.45) is 0. The Hall–Kier alpha value is -2.83. The number of nitro benzene ring substituents is 1. The van der Waals surface area contributed by atoms with E-state index in [0.29, 0.717) is 6.07 Å². The smallest absolute Gasteiger partial charge is 0.277 e. The van der Waals surface area contributed by atoms with Crippen molar-refractivity contribution in [2.24, 2.45) is 7.05 Å². The lowest BCUT2D eigenvalue weighted by Gasteiger charge is -2.08. The van der Waals surface area contributed by atoms with Crippen LogP contribution in [-0.4, -0.2) is 33.5 Å². The standard InChI is InChI=1S/C8H8FN7O4S/c1-15-12-8(11-14-15)13-21(19,20)7-5(9)2-4(16(17)18)3-6(7)10/h2-3H,10H2,1H3,(H,12,13). The Morgan fingerprint density at radius 2 is 2.14 bits per heavy atom. The molecule has 0 radical (unpaired) electrons. The first-order valence-corrected chi connectivity index (χ1v) is 6.69. The lowest BCUT2D eigenvalue weighted by atomic mass is 10.3. The summed E-state index contributed by atoms with van der Waals surface area (Å²) in [5, 5.41) is 20.9. The summed E-state index contributed by atoms with van der Waals surface area (Å²) in [5.41, 5.74) is 4.10. The molecule has 0 fully saturated rings. The topological polar surface area (TPSA) is 159 Å². The fourth-order valence-corrected chi connectivity index (χ4v) is 2.59. The van der Waals surface area contributed by atoms with Gasteiger partial charge < -0.3 is 5.73 Å². The van der Waals surface area contributed by atoms with Gasteiger partial charge >= 0.3 is 0 Å². The number of tetrazole rings is 1. The Kier molecular flexibility index (Phi) is 3.42. The van der Waals surface area contributed by atoms with E-state index >= 15 is 0 Å². The largest absolute Gasteiger partial charge is 0.397 e. The molecule has 0 amide bonds. The summed E-state index contributed by atoms with van der Waals surface area (Å²) in [7, 11) is -3.06. The SMILES string of the molecule is Cn1nnc(NS(=O)(=O)c2c(N)cc([N+](=O)[O-])cc2F)n1. The van der Waals surface area contributed by atoms with Crippen LogP contribution in [0.3, 0.4) is 0 Å². The van der Waals surface area contributed by atoms with Gasteiger partial charge in [0, 0.05) is 6.07 Å². The van der Waals surface area contributed by atoms with E-state index in [9.17, 15) is 22.9 Å². The number of nitrogens with two attached hydrogens (primary N) is 1. The van der Waals surface area contributed by atoms with Crippen LogP contribution in [0.5, 0.6) is 0 Å². The number of halogens is 1. The monoisotopic (exact) mass is 317 g/mol. The highest BCUT2D eigenvalue weighted by Crippen LogP contribution is 2.28. The number of nitro groups is 1. The summed E-state index contributed by atoms with van der Waals surface area (Å²) in [6.45, 7) is 0. The third-order valence-electron chi connectivity index (χ3n) is 2.27. The van der Waals surface area contributed by atoms with E-state index in [1.807, 2.05) is 4.72 Å². The molecular formula is C8H8FN7O4S. The number of nitrogen functional groups attached to an aromatic ring is 1. The zero-order valence-electron chi connectivity index (χ0n) is 10.4. The van der Waals surface area contributed by atoms with Crippen molar-refractivity contribution in [2.45, 2.75) is 4.90 Å². The van der Waals surface area contributed by atoms with Crippen LogP contribution < -0.4 is 10.5 Å². The quantitative estimate of drug-likeness (QED) is 0.439. The number of hydrogen-bond acceptors (Lipinski definition) is 8. The molecule has 0 atom stereocenters. The number of non-ortho nitro benzene ring substituents is 1. The second-order valence-corrected chi connectivity index (χ2v) is 5.43. The molecule has 13 heteroatoms. The van der Waals surface area contributed by atoms with Crippen molar-refractivity contribution in [3.63, 3.8) is 0 Å². The second-order valence-electron chi connectivity index (χ2n) is 3.81. The fourth-order valence-electron chi connectivity index (χ4n) is 1.48. The van der Waals surface area contributed by atoms with Crippen LogP contribution in [-0.2, 0) is 17.1 Å². The van der Waals surface area contributed by atoms with Gasteiger partial charge in [-0.05, 0) is 5.21 Å². The normalized spacial score (nSPS) is 11.3. The highest BCUT2D eigenvalue weighted by Gasteiger charge is 2.27. The molecule has 11 nitrogen and oxygen atoms in total. The number of rotatable bonds is 4. The van der Waals surface area contributed by atoms with E-state index in [1.54, 1.807) is 0 Å². The number of sulfonamides is 1. The molecule has 0 aliphatic heterocycles. The lowest BCUT2D eigenvalue weighted by molar-refractivity contribution is -0.385. The van der Waals surface area contributed by atoms with Gasteiger partial charge in [-0.2, -0.15) is 4.80 Å². The molecule has 2 rings (SSSR count). The van der Waals surface area contributed by atoms with Crippen molar-refractivity contribution < 1.29 is 17.7 Å². The summed E-state index contributed by atoms with van der Waals surface area (Å²) in [5.74, 6) is -1.76. The van der Waals surface area contributed by atoms with Gasteiger partial charge in [-0.15, -0.1) is 5.10 Å². The van der Waals surface area contributed by atoms with Gasteiger partial charge in [0.25, 0.3) is 21.7 Å². The van der Waals surface area contributed by atoms with E-state index < -0.39 is 43.0 Å². The Morgan fingerprint density at radius 3 is 2.62 bits per heavy atom. The Balaban J connectivity index is 2.47. The van der Waals surface area contributed by atoms with Crippen LogP contribution in [0.1, 0.15) is 0 Å². The molecule has 2 aromatic rings. The molecular weight excluding hydrogens is 309 g/mol. The van der Waals surface area contributed by atoms with E-state index in [0.717, 1.165) is 10.9 Å². The zero-order valence-corrected chi connectivity index (χ0v) is 11.2. The number of anilines is 2. The van der Waals surface area contributed by atoms with Gasteiger partial charge in [0.1, 0.15) is 4.90 Å². The molecule has 3 N–H and O–H groups in total. The third-order valence-corrected chi connectivity index (χ3v) is 3.69. The number of benzene rings is 1. The summed E-state index contributed by atoms with van der Waals surface area (Å²) in [6, 6.07) is 1.19. The first-order chi connectivity index (χ1) is 9.70. The van der Waals surface area contributed by atoms with Crippen LogP contribution in [0.4, 0.5) is 21.7 Å². The van der Waals surface area contributed by atoms with E-state index in [-0.39, 0.29) is 0 Å². The predicted molar refractivity (Wildman–Crippen MR) is 67.1 cm³/mol. The molecule has 0 saturated heterocycles. The zero-order chi connectivity index (χ0) is 15.8. The van der Waals surface area contributed by atoms with E-state index in [4.69, 9.17) is 5.73 Å². The molecule has 0 saturated carbocycles. The van der Waals surface area contributed by atoms with Crippen LogP contribution >= 0.6 is 0 Å². The van der Waals surface area contributed by atoms with Gasteiger partial charge in [0.2, 0.25) is 0 Å². The number of aromatic nitrogens is 4.